The van der Waals surface area contributed by atoms with Crippen molar-refractivity contribution in [3.05, 3.63) is 52.4 Å². The van der Waals surface area contributed by atoms with Crippen LogP contribution >= 0.6 is 24.0 Å². The molecule has 0 aliphatic carbocycles. The lowest BCUT2D eigenvalue weighted by Crippen LogP contribution is -2.29. The van der Waals surface area contributed by atoms with Crippen molar-refractivity contribution in [1.82, 2.24) is 14.7 Å². The number of amides is 1. The highest BCUT2D eigenvalue weighted by molar-refractivity contribution is 8.26. The van der Waals surface area contributed by atoms with E-state index in [-0.39, 0.29) is 24.7 Å². The average Bonchev–Trinajstić information content (AvgIpc) is 3.10. The Bertz CT molecular complexity index is 938. The van der Waals surface area contributed by atoms with Crippen LogP contribution in [-0.4, -0.2) is 42.5 Å². The summed E-state index contributed by atoms with van der Waals surface area (Å²) in [6.07, 6.45) is 3.69. The van der Waals surface area contributed by atoms with Gasteiger partial charge in [0.2, 0.25) is 0 Å². The van der Waals surface area contributed by atoms with Crippen LogP contribution in [0.15, 0.2) is 35.4 Å². The van der Waals surface area contributed by atoms with Crippen LogP contribution in [0.4, 0.5) is 4.39 Å². The number of nitrogens with zero attached hydrogens (tertiary/aromatic N) is 3. The summed E-state index contributed by atoms with van der Waals surface area (Å²) in [5.41, 5.74) is 2.28. The second-order valence-electron chi connectivity index (χ2n) is 5.90. The molecule has 1 aromatic heterocycles. The molecular formula is C18H16FN3O3S2. The second-order valence-corrected chi connectivity index (χ2v) is 7.58. The number of rotatable bonds is 6. The molecule has 0 unspecified atom stereocenters. The van der Waals surface area contributed by atoms with Gasteiger partial charge in [0.25, 0.3) is 5.91 Å². The van der Waals surface area contributed by atoms with E-state index in [0.717, 1.165) is 16.9 Å². The first-order valence-corrected chi connectivity index (χ1v) is 9.37. The molecule has 0 saturated carbocycles. The van der Waals surface area contributed by atoms with Crippen molar-refractivity contribution in [3.63, 3.8) is 0 Å². The van der Waals surface area contributed by atoms with E-state index < -0.39 is 5.97 Å². The number of carbonyl (C=O) groups excluding carboxylic acids is 1. The minimum absolute atomic E-state index is 0.0142. The van der Waals surface area contributed by atoms with E-state index in [1.54, 1.807) is 29.1 Å². The molecule has 3 rings (SSSR count). The van der Waals surface area contributed by atoms with E-state index in [9.17, 15) is 14.0 Å². The lowest BCUT2D eigenvalue weighted by Gasteiger charge is -2.13. The SMILES string of the molecule is Cc1c(/C=C2/SC(=S)N(CCCC(=O)O)C2=O)cnn1-c1ccc(F)cc1. The van der Waals surface area contributed by atoms with Crippen molar-refractivity contribution in [2.24, 2.45) is 0 Å². The Balaban J connectivity index is 1.79. The van der Waals surface area contributed by atoms with E-state index in [0.29, 0.717) is 15.6 Å². The first-order chi connectivity index (χ1) is 12.9. The third kappa shape index (κ3) is 4.25. The summed E-state index contributed by atoms with van der Waals surface area (Å²) in [5, 5.41) is 13.0. The molecule has 6 nitrogen and oxygen atoms in total. The quantitative estimate of drug-likeness (QED) is 0.587. The van der Waals surface area contributed by atoms with Crippen molar-refractivity contribution >= 4 is 46.3 Å². The van der Waals surface area contributed by atoms with Gasteiger partial charge >= 0.3 is 5.97 Å². The normalized spacial score (nSPS) is 15.8. The minimum Gasteiger partial charge on any atom is -0.481 e. The maximum Gasteiger partial charge on any atom is 0.303 e. The van der Waals surface area contributed by atoms with Gasteiger partial charge in [0.1, 0.15) is 10.1 Å². The van der Waals surface area contributed by atoms with E-state index in [4.69, 9.17) is 17.3 Å². The number of thiocarbonyl (C=S) groups is 1. The molecule has 0 bridgehead atoms. The van der Waals surface area contributed by atoms with Crippen LogP contribution in [0.25, 0.3) is 11.8 Å². The number of carboxylic acids is 1. The summed E-state index contributed by atoms with van der Waals surface area (Å²) < 4.78 is 15.2. The largest absolute Gasteiger partial charge is 0.481 e. The fourth-order valence-corrected chi connectivity index (χ4v) is 3.93. The Morgan fingerprint density at radius 3 is 2.74 bits per heavy atom. The van der Waals surface area contributed by atoms with Crippen molar-refractivity contribution in [1.29, 1.82) is 0 Å². The Hall–Kier alpha value is -2.52. The van der Waals surface area contributed by atoms with Gasteiger partial charge in [-0.2, -0.15) is 5.10 Å². The maximum absolute atomic E-state index is 13.1. The molecule has 1 fully saturated rings. The number of halogens is 1. The van der Waals surface area contributed by atoms with E-state index >= 15 is 0 Å². The fraction of sp³-hybridized carbons (Fsp3) is 0.222. The second kappa shape index (κ2) is 8.01. The third-order valence-corrected chi connectivity index (χ3v) is 5.43. The predicted octanol–water partition coefficient (Wildman–Crippen LogP) is 3.39. The van der Waals surface area contributed by atoms with Crippen molar-refractivity contribution in [2.45, 2.75) is 19.8 Å². The molecule has 27 heavy (non-hydrogen) atoms. The van der Waals surface area contributed by atoms with Gasteiger partial charge in [-0.3, -0.25) is 14.5 Å². The molecule has 0 atom stereocenters. The number of carboxylic acid groups (broad SMARTS) is 1. The highest BCUT2D eigenvalue weighted by atomic mass is 32.2. The fourth-order valence-electron chi connectivity index (χ4n) is 2.63. The number of hydrogen-bond donors (Lipinski definition) is 1. The number of benzene rings is 1. The molecule has 0 spiro atoms. The summed E-state index contributed by atoms with van der Waals surface area (Å²) in [5.74, 6) is -1.46. The number of aromatic nitrogens is 2. The molecule has 0 radical (unpaired) electrons. The van der Waals surface area contributed by atoms with Crippen LogP contribution in [0.3, 0.4) is 0 Å². The molecule has 2 aromatic rings. The first kappa shape index (κ1) is 19.2. The van der Waals surface area contributed by atoms with Crippen LogP contribution in [0.5, 0.6) is 0 Å². The minimum atomic E-state index is -0.903. The highest BCUT2D eigenvalue weighted by Gasteiger charge is 2.31. The first-order valence-electron chi connectivity index (χ1n) is 8.14. The molecule has 1 N–H and O–H groups in total. The van der Waals surface area contributed by atoms with Crippen molar-refractivity contribution in [2.75, 3.05) is 6.54 Å². The van der Waals surface area contributed by atoms with Crippen LogP contribution in [0.2, 0.25) is 0 Å². The van der Waals surface area contributed by atoms with Gasteiger partial charge in [0.15, 0.2) is 0 Å². The Morgan fingerprint density at radius 1 is 1.37 bits per heavy atom. The molecule has 1 aliphatic heterocycles. The Labute approximate surface area is 164 Å². The van der Waals surface area contributed by atoms with Gasteiger partial charge < -0.3 is 5.11 Å². The molecule has 1 saturated heterocycles. The third-order valence-electron chi connectivity index (χ3n) is 4.05. The zero-order chi connectivity index (χ0) is 19.6. The van der Waals surface area contributed by atoms with Gasteiger partial charge in [0.05, 0.1) is 16.8 Å². The average molecular weight is 405 g/mol. The monoisotopic (exact) mass is 405 g/mol. The van der Waals surface area contributed by atoms with Gasteiger partial charge in [0, 0.05) is 24.2 Å². The Kier molecular flexibility index (Phi) is 5.71. The maximum atomic E-state index is 13.1. The number of thioether (sulfide) groups is 1. The predicted molar refractivity (Wildman–Crippen MR) is 105 cm³/mol. The zero-order valence-electron chi connectivity index (χ0n) is 14.4. The molecule has 1 amide bonds. The van der Waals surface area contributed by atoms with E-state index in [1.807, 2.05) is 6.92 Å². The molecular weight excluding hydrogens is 389 g/mol. The molecule has 2 heterocycles. The van der Waals surface area contributed by atoms with Gasteiger partial charge in [-0.15, -0.1) is 0 Å². The lowest BCUT2D eigenvalue weighted by molar-refractivity contribution is -0.137. The smallest absolute Gasteiger partial charge is 0.303 e. The molecule has 9 heteroatoms. The highest BCUT2D eigenvalue weighted by Crippen LogP contribution is 2.33. The van der Waals surface area contributed by atoms with Crippen LogP contribution < -0.4 is 0 Å². The number of hydrogen-bond acceptors (Lipinski definition) is 5. The van der Waals surface area contributed by atoms with Gasteiger partial charge in [-0.1, -0.05) is 24.0 Å². The summed E-state index contributed by atoms with van der Waals surface area (Å²) in [6.45, 7) is 2.14. The van der Waals surface area contributed by atoms with Gasteiger partial charge in [-0.05, 0) is 43.7 Å². The van der Waals surface area contributed by atoms with Crippen molar-refractivity contribution < 1.29 is 19.1 Å². The zero-order valence-corrected chi connectivity index (χ0v) is 16.0. The summed E-state index contributed by atoms with van der Waals surface area (Å²) in [6, 6.07) is 5.97. The van der Waals surface area contributed by atoms with E-state index in [2.05, 4.69) is 5.10 Å². The topological polar surface area (TPSA) is 75.4 Å². The Morgan fingerprint density at radius 2 is 2.07 bits per heavy atom. The summed E-state index contributed by atoms with van der Waals surface area (Å²) in [4.78, 5) is 25.1. The van der Waals surface area contributed by atoms with Gasteiger partial charge in [-0.25, -0.2) is 9.07 Å². The van der Waals surface area contributed by atoms with Crippen LogP contribution in [-0.2, 0) is 9.59 Å². The molecule has 1 aromatic carbocycles. The summed E-state index contributed by atoms with van der Waals surface area (Å²) in [7, 11) is 0. The van der Waals surface area contributed by atoms with E-state index in [1.165, 1.54) is 28.8 Å². The molecule has 140 valence electrons. The van der Waals surface area contributed by atoms with Crippen LogP contribution in [0, 0.1) is 12.7 Å². The van der Waals surface area contributed by atoms with Crippen LogP contribution in [0.1, 0.15) is 24.1 Å². The molecule has 1 aliphatic rings. The number of aliphatic carboxylic acids is 1. The van der Waals surface area contributed by atoms with Crippen molar-refractivity contribution in [3.8, 4) is 5.69 Å². The number of carbonyl (C=O) groups is 2. The standard InChI is InChI=1S/C18H16FN3O3S2/c1-11-12(10-20-22(11)14-6-4-13(19)5-7-14)9-15-17(25)21(18(26)27-15)8-2-3-16(23)24/h4-7,9-10H,2-3,8H2,1H3,(H,23,24)/b15-9+. The summed E-state index contributed by atoms with van der Waals surface area (Å²) >= 11 is 6.43. The lowest BCUT2D eigenvalue weighted by atomic mass is 10.2.